The highest BCUT2D eigenvalue weighted by Gasteiger charge is 2.12. The minimum Gasteiger partial charge on any atom is -0.494 e. The first-order valence-electron chi connectivity index (χ1n) is 13.8. The van der Waals surface area contributed by atoms with Crippen molar-refractivity contribution in [3.05, 3.63) is 117 Å². The van der Waals surface area contributed by atoms with E-state index < -0.39 is 0 Å². The Hall–Kier alpha value is -3.12. The molecule has 1 fully saturated rings. The van der Waals surface area contributed by atoms with E-state index in [4.69, 9.17) is 9.72 Å². The molecule has 1 saturated heterocycles. The molecule has 0 spiro atoms. The summed E-state index contributed by atoms with van der Waals surface area (Å²) in [7, 11) is 0. The normalized spacial score (nSPS) is 13.2. The zero-order chi connectivity index (χ0) is 26.2. The largest absolute Gasteiger partial charge is 0.494 e. The Kier molecular flexibility index (Phi) is 12.3. The average molecular weight is 581 g/mol. The van der Waals surface area contributed by atoms with E-state index >= 15 is 0 Å². The molecule has 1 aromatic heterocycles. The van der Waals surface area contributed by atoms with E-state index in [-0.39, 0.29) is 30.4 Å². The van der Waals surface area contributed by atoms with Crippen LogP contribution in [0.2, 0.25) is 0 Å². The predicted molar refractivity (Wildman–Crippen MR) is 168 cm³/mol. The zero-order valence-electron chi connectivity index (χ0n) is 23.1. The van der Waals surface area contributed by atoms with Gasteiger partial charge in [0.25, 0.3) is 5.56 Å². The van der Waals surface area contributed by atoms with Gasteiger partial charge < -0.3 is 9.72 Å². The third kappa shape index (κ3) is 8.69. The highest BCUT2D eigenvalue weighted by atomic mass is 35.5. The van der Waals surface area contributed by atoms with Crippen LogP contribution in [0.1, 0.15) is 53.9 Å². The number of aromatic nitrogens is 2. The van der Waals surface area contributed by atoms with E-state index in [1.54, 1.807) is 0 Å². The molecule has 0 amide bonds. The summed E-state index contributed by atoms with van der Waals surface area (Å²) in [5.74, 6) is 1.63. The molecule has 0 unspecified atom stereocenters. The van der Waals surface area contributed by atoms with Crippen LogP contribution < -0.4 is 10.3 Å². The van der Waals surface area contributed by atoms with Gasteiger partial charge in [-0.3, -0.25) is 9.69 Å². The van der Waals surface area contributed by atoms with Gasteiger partial charge in [-0.2, -0.15) is 0 Å². The Morgan fingerprint density at radius 3 is 2.30 bits per heavy atom. The molecule has 5 nitrogen and oxygen atoms in total. The minimum atomic E-state index is -0.0500. The van der Waals surface area contributed by atoms with Gasteiger partial charge in [-0.25, -0.2) is 4.98 Å². The number of benzene rings is 3. The zero-order valence-corrected chi connectivity index (χ0v) is 24.7. The van der Waals surface area contributed by atoms with E-state index in [9.17, 15) is 4.79 Å². The molecule has 0 bridgehead atoms. The smallest absolute Gasteiger partial charge is 0.254 e. The van der Waals surface area contributed by atoms with Gasteiger partial charge in [0.15, 0.2) is 0 Å². The molecule has 0 saturated carbocycles. The fraction of sp³-hybridized carbons (Fsp3) is 0.333. The lowest BCUT2D eigenvalue weighted by Gasteiger charge is -2.26. The number of piperidine rings is 1. The predicted octanol–water partition coefficient (Wildman–Crippen LogP) is 7.18. The first-order chi connectivity index (χ1) is 18.6. The van der Waals surface area contributed by atoms with Crippen molar-refractivity contribution in [3.63, 3.8) is 0 Å². The van der Waals surface area contributed by atoms with Crippen LogP contribution in [0.4, 0.5) is 0 Å². The van der Waals surface area contributed by atoms with Crippen LogP contribution in [-0.4, -0.2) is 34.6 Å². The number of ether oxygens (including phenoxy) is 1. The second-order valence-electron chi connectivity index (χ2n) is 10.3. The molecule has 0 radical (unpaired) electrons. The Bertz CT molecular complexity index is 1390. The SMILES string of the molecule is Cc1nc(CCCOc2cccc(CN3CCCCC3)c2)[nH]c(=O)c1Cc1ccc(-c2ccccc2)cc1.Cl.Cl. The Balaban J connectivity index is 0.00000220. The molecule has 5 rings (SSSR count). The summed E-state index contributed by atoms with van der Waals surface area (Å²) in [5.41, 5.74) is 6.23. The Morgan fingerprint density at radius 2 is 1.57 bits per heavy atom. The molecule has 3 aromatic carbocycles. The molecular formula is C33H39Cl2N3O2. The number of aromatic amines is 1. The van der Waals surface area contributed by atoms with Crippen molar-refractivity contribution in [2.45, 2.75) is 52.0 Å². The topological polar surface area (TPSA) is 58.2 Å². The second-order valence-corrected chi connectivity index (χ2v) is 10.3. The number of hydrogen-bond acceptors (Lipinski definition) is 4. The molecule has 0 aliphatic carbocycles. The molecular weight excluding hydrogens is 541 g/mol. The van der Waals surface area contributed by atoms with Gasteiger partial charge in [-0.15, -0.1) is 24.8 Å². The summed E-state index contributed by atoms with van der Waals surface area (Å²) in [4.78, 5) is 23.1. The minimum absolute atomic E-state index is 0. The Labute approximate surface area is 249 Å². The standard InChI is InChI=1S/C33H37N3O2.2ClH/c1-25-31(23-26-15-17-29(18-16-26)28-11-4-2-5-12-28)33(37)35-32(34-25)14-9-21-38-30-13-8-10-27(22-30)24-36-19-6-3-7-20-36;;/h2,4-5,8,10-13,15-18,22H,3,6-7,9,14,19-21,23-24H2,1H3,(H,34,35,37);2*1H. The molecule has 4 aromatic rings. The number of nitrogens with one attached hydrogen (secondary N) is 1. The number of likely N-dealkylation sites (tertiary alicyclic amines) is 1. The first kappa shape index (κ1) is 31.4. The van der Waals surface area contributed by atoms with Gasteiger partial charge in [0.2, 0.25) is 0 Å². The number of halogens is 2. The third-order valence-corrected chi connectivity index (χ3v) is 7.29. The number of hydrogen-bond donors (Lipinski definition) is 1. The molecule has 1 aliphatic heterocycles. The van der Waals surface area contributed by atoms with E-state index in [2.05, 4.69) is 64.5 Å². The quantitative estimate of drug-likeness (QED) is 0.202. The second kappa shape index (κ2) is 15.6. The van der Waals surface area contributed by atoms with Crippen LogP contribution in [0.5, 0.6) is 5.75 Å². The summed E-state index contributed by atoms with van der Waals surface area (Å²) in [6.45, 7) is 5.89. The average Bonchev–Trinajstić information content (AvgIpc) is 2.95. The summed E-state index contributed by atoms with van der Waals surface area (Å²) in [6, 6.07) is 27.1. The summed E-state index contributed by atoms with van der Waals surface area (Å²) >= 11 is 0. The lowest BCUT2D eigenvalue weighted by molar-refractivity contribution is 0.220. The highest BCUT2D eigenvalue weighted by molar-refractivity contribution is 5.85. The molecule has 1 N–H and O–H groups in total. The van der Waals surface area contributed by atoms with Gasteiger partial charge >= 0.3 is 0 Å². The number of nitrogens with zero attached hydrogens (tertiary/aromatic N) is 2. The maximum absolute atomic E-state index is 12.9. The number of rotatable bonds is 10. The van der Waals surface area contributed by atoms with Crippen LogP contribution >= 0.6 is 24.8 Å². The van der Waals surface area contributed by atoms with Crippen LogP contribution in [-0.2, 0) is 19.4 Å². The maximum atomic E-state index is 12.9. The van der Waals surface area contributed by atoms with Crippen LogP contribution in [0, 0.1) is 6.92 Å². The summed E-state index contributed by atoms with van der Waals surface area (Å²) in [5, 5.41) is 0. The van der Waals surface area contributed by atoms with E-state index in [0.717, 1.165) is 41.4 Å². The van der Waals surface area contributed by atoms with Gasteiger partial charge in [-0.05, 0) is 73.7 Å². The lowest BCUT2D eigenvalue weighted by atomic mass is 10.0. The van der Waals surface area contributed by atoms with Crippen molar-refractivity contribution in [3.8, 4) is 16.9 Å². The van der Waals surface area contributed by atoms with Crippen LogP contribution in [0.25, 0.3) is 11.1 Å². The van der Waals surface area contributed by atoms with Gasteiger partial charge in [0.1, 0.15) is 11.6 Å². The third-order valence-electron chi connectivity index (χ3n) is 7.29. The van der Waals surface area contributed by atoms with Crippen molar-refractivity contribution in [2.24, 2.45) is 0 Å². The first-order valence-corrected chi connectivity index (χ1v) is 13.8. The number of aryl methyl sites for hydroxylation is 2. The van der Waals surface area contributed by atoms with Crippen molar-refractivity contribution < 1.29 is 4.74 Å². The lowest BCUT2D eigenvalue weighted by Crippen LogP contribution is -2.29. The fourth-order valence-corrected chi connectivity index (χ4v) is 5.18. The molecule has 7 heteroatoms. The van der Waals surface area contributed by atoms with Gasteiger partial charge in [-0.1, -0.05) is 73.2 Å². The molecule has 212 valence electrons. The molecule has 40 heavy (non-hydrogen) atoms. The van der Waals surface area contributed by atoms with Gasteiger partial charge in [0.05, 0.1) is 6.61 Å². The summed E-state index contributed by atoms with van der Waals surface area (Å²) < 4.78 is 6.02. The van der Waals surface area contributed by atoms with E-state index in [1.807, 2.05) is 31.2 Å². The van der Waals surface area contributed by atoms with Crippen molar-refractivity contribution >= 4 is 24.8 Å². The van der Waals surface area contributed by atoms with Crippen LogP contribution in [0.15, 0.2) is 83.7 Å². The summed E-state index contributed by atoms with van der Waals surface area (Å²) in [6.07, 6.45) is 5.99. The molecule has 2 heterocycles. The van der Waals surface area contributed by atoms with Crippen molar-refractivity contribution in [2.75, 3.05) is 19.7 Å². The highest BCUT2D eigenvalue weighted by Crippen LogP contribution is 2.21. The fourth-order valence-electron chi connectivity index (χ4n) is 5.18. The molecule has 0 atom stereocenters. The van der Waals surface area contributed by atoms with Gasteiger partial charge in [0, 0.05) is 30.6 Å². The van der Waals surface area contributed by atoms with Crippen molar-refractivity contribution in [1.29, 1.82) is 0 Å². The van der Waals surface area contributed by atoms with Crippen LogP contribution in [0.3, 0.4) is 0 Å². The number of H-pyrrole nitrogens is 1. The molecule has 1 aliphatic rings. The van der Waals surface area contributed by atoms with Crippen molar-refractivity contribution in [1.82, 2.24) is 14.9 Å². The van der Waals surface area contributed by atoms with E-state index in [1.165, 1.54) is 49.0 Å². The Morgan fingerprint density at radius 1 is 0.850 bits per heavy atom. The monoisotopic (exact) mass is 579 g/mol. The van der Waals surface area contributed by atoms with E-state index in [0.29, 0.717) is 19.4 Å². The maximum Gasteiger partial charge on any atom is 0.254 e.